The molecule has 0 aromatic heterocycles. The first-order valence-corrected chi connectivity index (χ1v) is 11.8. The Bertz CT molecular complexity index is 943. The van der Waals surface area contributed by atoms with E-state index in [2.05, 4.69) is 23.9 Å². The predicted molar refractivity (Wildman–Crippen MR) is 115 cm³/mol. The predicted octanol–water partition coefficient (Wildman–Crippen LogP) is 4.37. The highest BCUT2D eigenvalue weighted by Gasteiger charge is 2.28. The lowest BCUT2D eigenvalue weighted by atomic mass is 9.78. The van der Waals surface area contributed by atoms with Crippen LogP contribution in [0.3, 0.4) is 0 Å². The highest BCUT2D eigenvalue weighted by atomic mass is 35.5. The summed E-state index contributed by atoms with van der Waals surface area (Å²) in [6, 6.07) is 13.2. The third-order valence-corrected chi connectivity index (χ3v) is 7.50. The van der Waals surface area contributed by atoms with E-state index in [4.69, 9.17) is 11.6 Å². The number of hydrogen-bond donors (Lipinski definition) is 2. The molecule has 0 radical (unpaired) electrons. The van der Waals surface area contributed by atoms with Crippen LogP contribution >= 0.6 is 11.6 Å². The highest BCUT2D eigenvalue weighted by Crippen LogP contribution is 2.29. The van der Waals surface area contributed by atoms with Gasteiger partial charge >= 0.3 is 0 Å². The van der Waals surface area contributed by atoms with E-state index in [1.807, 2.05) is 0 Å². The van der Waals surface area contributed by atoms with Crippen LogP contribution in [0.2, 0.25) is 5.02 Å². The molecule has 0 heterocycles. The number of benzene rings is 2. The van der Waals surface area contributed by atoms with Crippen molar-refractivity contribution in [3.63, 3.8) is 0 Å². The van der Waals surface area contributed by atoms with Crippen molar-refractivity contribution in [3.8, 4) is 0 Å². The fourth-order valence-electron chi connectivity index (χ4n) is 3.69. The van der Waals surface area contributed by atoms with Gasteiger partial charge in [0.25, 0.3) is 5.91 Å². The van der Waals surface area contributed by atoms with Crippen LogP contribution in [0.4, 0.5) is 0 Å². The molecule has 0 spiro atoms. The number of carbonyl (C=O) groups excluding carboxylic acids is 1. The lowest BCUT2D eigenvalue weighted by Crippen LogP contribution is -2.43. The van der Waals surface area contributed by atoms with Crippen LogP contribution in [0, 0.1) is 11.8 Å². The minimum Gasteiger partial charge on any atom is -0.349 e. The van der Waals surface area contributed by atoms with Crippen molar-refractivity contribution in [1.29, 1.82) is 0 Å². The summed E-state index contributed by atoms with van der Waals surface area (Å²) in [6.07, 6.45) is 3.37. The normalized spacial score (nSPS) is 22.2. The Morgan fingerprint density at radius 2 is 1.69 bits per heavy atom. The molecule has 1 amide bonds. The molecule has 1 saturated carbocycles. The van der Waals surface area contributed by atoms with Gasteiger partial charge in [-0.2, -0.15) is 0 Å². The minimum absolute atomic E-state index is 0.0794. The molecule has 3 atom stereocenters. The second kappa shape index (κ2) is 9.28. The molecule has 1 aliphatic rings. The van der Waals surface area contributed by atoms with Gasteiger partial charge in [0.2, 0.25) is 10.0 Å². The number of hydrogen-bond acceptors (Lipinski definition) is 3. The fraction of sp³-hybridized carbons (Fsp3) is 0.409. The van der Waals surface area contributed by atoms with Crippen LogP contribution in [0.15, 0.2) is 53.4 Å². The molecular formula is C22H27ClN2O3S. The zero-order chi connectivity index (χ0) is 21.0. The Hall–Kier alpha value is -1.89. The van der Waals surface area contributed by atoms with Gasteiger partial charge in [0.05, 0.1) is 4.90 Å². The lowest BCUT2D eigenvalue weighted by molar-refractivity contribution is 0.0891. The number of amides is 1. The molecule has 5 nitrogen and oxygen atoms in total. The minimum atomic E-state index is -3.62. The smallest absolute Gasteiger partial charge is 0.251 e. The first-order chi connectivity index (χ1) is 13.8. The van der Waals surface area contributed by atoms with E-state index in [1.54, 1.807) is 24.3 Å². The van der Waals surface area contributed by atoms with Crippen molar-refractivity contribution >= 4 is 27.5 Å². The van der Waals surface area contributed by atoms with Gasteiger partial charge < -0.3 is 5.32 Å². The van der Waals surface area contributed by atoms with E-state index in [9.17, 15) is 13.2 Å². The van der Waals surface area contributed by atoms with E-state index < -0.39 is 10.0 Å². The molecule has 3 rings (SSSR count). The number of rotatable bonds is 6. The summed E-state index contributed by atoms with van der Waals surface area (Å²) in [7, 11) is -3.62. The highest BCUT2D eigenvalue weighted by molar-refractivity contribution is 7.89. The van der Waals surface area contributed by atoms with Crippen LogP contribution in [-0.2, 0) is 16.6 Å². The van der Waals surface area contributed by atoms with Crippen molar-refractivity contribution in [1.82, 2.24) is 10.0 Å². The maximum atomic E-state index is 12.6. The molecule has 2 aromatic rings. The molecule has 3 unspecified atom stereocenters. The second-order valence-corrected chi connectivity index (χ2v) is 10.0. The molecule has 0 bridgehead atoms. The third kappa shape index (κ3) is 5.59. The Balaban J connectivity index is 1.58. The van der Waals surface area contributed by atoms with Gasteiger partial charge in [-0.15, -0.1) is 0 Å². The molecule has 29 heavy (non-hydrogen) atoms. The van der Waals surface area contributed by atoms with Gasteiger partial charge in [0, 0.05) is 23.2 Å². The van der Waals surface area contributed by atoms with Crippen LogP contribution in [0.25, 0.3) is 0 Å². The Labute approximate surface area is 177 Å². The van der Waals surface area contributed by atoms with Crippen molar-refractivity contribution in [2.45, 2.75) is 50.6 Å². The average Bonchev–Trinajstić information content (AvgIpc) is 2.70. The molecule has 2 N–H and O–H groups in total. The average molecular weight is 435 g/mol. The van der Waals surface area contributed by atoms with Gasteiger partial charge in [0.1, 0.15) is 0 Å². The SMILES string of the molecule is CC1CCCC(NC(=O)c2ccc(CNS(=O)(=O)c3ccc(Cl)cc3)cc2)C1C. The standard InChI is InChI=1S/C22H27ClN2O3S/c1-15-4-3-5-21(16(15)2)25-22(26)18-8-6-17(7-9-18)14-24-29(27,28)20-12-10-19(23)11-13-20/h6-13,15-16,21,24H,3-5,14H2,1-2H3,(H,25,26). The molecule has 1 aliphatic carbocycles. The number of carbonyl (C=O) groups is 1. The molecular weight excluding hydrogens is 408 g/mol. The largest absolute Gasteiger partial charge is 0.349 e. The number of halogens is 1. The van der Waals surface area contributed by atoms with Gasteiger partial charge in [-0.25, -0.2) is 13.1 Å². The molecule has 0 aliphatic heterocycles. The Morgan fingerprint density at radius 1 is 1.03 bits per heavy atom. The van der Waals surface area contributed by atoms with Crippen LogP contribution in [0.5, 0.6) is 0 Å². The van der Waals surface area contributed by atoms with Gasteiger partial charge in [0.15, 0.2) is 0 Å². The summed E-state index contributed by atoms with van der Waals surface area (Å²) in [5.74, 6) is 1.00. The summed E-state index contributed by atoms with van der Waals surface area (Å²) >= 11 is 5.80. The molecule has 2 aromatic carbocycles. The van der Waals surface area contributed by atoms with E-state index in [0.29, 0.717) is 22.4 Å². The van der Waals surface area contributed by atoms with Crippen molar-refractivity contribution in [2.24, 2.45) is 11.8 Å². The Morgan fingerprint density at radius 3 is 2.34 bits per heavy atom. The molecule has 0 saturated heterocycles. The van der Waals surface area contributed by atoms with Crippen LogP contribution in [-0.4, -0.2) is 20.4 Å². The van der Waals surface area contributed by atoms with Crippen molar-refractivity contribution in [3.05, 3.63) is 64.7 Å². The van der Waals surface area contributed by atoms with Gasteiger partial charge in [-0.1, -0.05) is 50.4 Å². The second-order valence-electron chi connectivity index (χ2n) is 7.82. The first kappa shape index (κ1) is 21.8. The summed E-state index contributed by atoms with van der Waals surface area (Å²) < 4.78 is 27.3. The monoisotopic (exact) mass is 434 g/mol. The van der Waals surface area contributed by atoms with E-state index in [-0.39, 0.29) is 23.4 Å². The summed E-state index contributed by atoms with van der Waals surface area (Å²) in [4.78, 5) is 12.7. The maximum Gasteiger partial charge on any atom is 0.251 e. The summed E-state index contributed by atoms with van der Waals surface area (Å²) in [5, 5.41) is 3.64. The first-order valence-electron chi connectivity index (χ1n) is 9.91. The lowest BCUT2D eigenvalue weighted by Gasteiger charge is -2.34. The quantitative estimate of drug-likeness (QED) is 0.708. The van der Waals surface area contributed by atoms with E-state index in [0.717, 1.165) is 18.4 Å². The molecule has 1 fully saturated rings. The fourth-order valence-corrected chi connectivity index (χ4v) is 4.83. The topological polar surface area (TPSA) is 75.3 Å². The van der Waals surface area contributed by atoms with Crippen LogP contribution < -0.4 is 10.0 Å². The van der Waals surface area contributed by atoms with Gasteiger partial charge in [-0.3, -0.25) is 4.79 Å². The molecule has 156 valence electrons. The number of nitrogens with one attached hydrogen (secondary N) is 2. The Kier molecular flexibility index (Phi) is 6.98. The zero-order valence-corrected chi connectivity index (χ0v) is 18.3. The summed E-state index contributed by atoms with van der Waals surface area (Å²) in [6.45, 7) is 4.58. The summed E-state index contributed by atoms with van der Waals surface area (Å²) in [5.41, 5.74) is 1.36. The number of sulfonamides is 1. The maximum absolute atomic E-state index is 12.6. The van der Waals surface area contributed by atoms with Crippen molar-refractivity contribution in [2.75, 3.05) is 0 Å². The van der Waals surface area contributed by atoms with E-state index in [1.165, 1.54) is 30.7 Å². The van der Waals surface area contributed by atoms with Gasteiger partial charge in [-0.05, 0) is 60.2 Å². The third-order valence-electron chi connectivity index (χ3n) is 5.83. The van der Waals surface area contributed by atoms with E-state index >= 15 is 0 Å². The zero-order valence-electron chi connectivity index (χ0n) is 16.7. The van der Waals surface area contributed by atoms with Crippen molar-refractivity contribution < 1.29 is 13.2 Å². The van der Waals surface area contributed by atoms with Crippen LogP contribution in [0.1, 0.15) is 49.0 Å². The molecule has 7 heteroatoms.